The quantitative estimate of drug-likeness (QED) is 0.341. The predicted octanol–water partition coefficient (Wildman–Crippen LogP) is 2.92. The molecule has 0 atom stereocenters. The van der Waals surface area contributed by atoms with Crippen molar-refractivity contribution in [2.75, 3.05) is 37.6 Å². The Morgan fingerprint density at radius 2 is 2.04 bits per heavy atom. The lowest BCUT2D eigenvalue weighted by atomic mass is 10.2. The molecule has 1 aliphatic rings. The lowest BCUT2D eigenvalue weighted by Gasteiger charge is -2.35. The molecule has 1 aromatic carbocycles. The maximum Gasteiger partial charge on any atom is 0.191 e. The zero-order valence-electron chi connectivity index (χ0n) is 14.5. The maximum absolute atomic E-state index is 6.19. The number of halogens is 1. The number of aliphatic imine (C=N–C) groups is 1. The summed E-state index contributed by atoms with van der Waals surface area (Å²) < 4.78 is 0. The fourth-order valence-electron chi connectivity index (χ4n) is 3.16. The van der Waals surface area contributed by atoms with E-state index in [1.54, 1.807) is 11.3 Å². The molecule has 6 nitrogen and oxygen atoms in total. The van der Waals surface area contributed by atoms with Crippen LogP contribution in [0.3, 0.4) is 0 Å². The van der Waals surface area contributed by atoms with Crippen LogP contribution in [0.15, 0.2) is 46.9 Å². The van der Waals surface area contributed by atoms with Crippen LogP contribution in [0, 0.1) is 0 Å². The van der Waals surface area contributed by atoms with Gasteiger partial charge < -0.3 is 20.5 Å². The monoisotopic (exact) mass is 482 g/mol. The number of thiazole rings is 1. The molecule has 1 saturated heterocycles. The minimum absolute atomic E-state index is 0. The van der Waals surface area contributed by atoms with Crippen molar-refractivity contribution in [3.05, 3.63) is 47.6 Å². The molecule has 0 aliphatic carbocycles. The van der Waals surface area contributed by atoms with Gasteiger partial charge >= 0.3 is 0 Å². The SMILES string of the molecule is I.NC(=NCCc1cc2ccccc2[nH]1)N1CCN(c2nccs2)CC1. The van der Waals surface area contributed by atoms with Gasteiger partial charge in [-0.15, -0.1) is 35.3 Å². The maximum atomic E-state index is 6.19. The van der Waals surface area contributed by atoms with E-state index >= 15 is 0 Å². The molecule has 138 valence electrons. The number of para-hydroxylation sites is 1. The Kier molecular flexibility index (Phi) is 6.36. The van der Waals surface area contributed by atoms with E-state index in [-0.39, 0.29) is 24.0 Å². The highest BCUT2D eigenvalue weighted by Crippen LogP contribution is 2.19. The first-order chi connectivity index (χ1) is 12.3. The standard InChI is InChI=1S/C18H22N6S.HI/c19-17(23-8-10-24(11-9-23)18-21-7-12-25-18)20-6-5-15-13-14-3-1-2-4-16(14)22-15;/h1-4,7,12-13,22H,5-6,8-11H2,(H2,19,20);1H. The summed E-state index contributed by atoms with van der Waals surface area (Å²) in [6.45, 7) is 4.35. The van der Waals surface area contributed by atoms with Gasteiger partial charge in [-0.1, -0.05) is 18.2 Å². The van der Waals surface area contributed by atoms with Crippen LogP contribution in [-0.4, -0.2) is 53.6 Å². The van der Waals surface area contributed by atoms with E-state index in [1.807, 2.05) is 17.6 Å². The van der Waals surface area contributed by atoms with Crippen molar-refractivity contribution < 1.29 is 0 Å². The number of hydrogen-bond acceptors (Lipinski definition) is 4. The Bertz CT molecular complexity index is 819. The van der Waals surface area contributed by atoms with E-state index in [1.165, 1.54) is 16.6 Å². The van der Waals surface area contributed by atoms with Gasteiger partial charge in [-0.05, 0) is 17.5 Å². The molecule has 1 aliphatic heterocycles. The minimum atomic E-state index is 0. The molecule has 0 radical (unpaired) electrons. The van der Waals surface area contributed by atoms with Gasteiger partial charge in [0.05, 0.1) is 0 Å². The van der Waals surface area contributed by atoms with Gasteiger partial charge in [0.2, 0.25) is 0 Å². The Labute approximate surface area is 174 Å². The highest BCUT2D eigenvalue weighted by atomic mass is 127. The number of aromatic amines is 1. The van der Waals surface area contributed by atoms with Crippen molar-refractivity contribution in [3.63, 3.8) is 0 Å². The van der Waals surface area contributed by atoms with E-state index in [2.05, 4.69) is 49.0 Å². The number of H-pyrrole nitrogens is 1. The zero-order chi connectivity index (χ0) is 17.1. The second-order valence-electron chi connectivity index (χ2n) is 6.16. The van der Waals surface area contributed by atoms with Gasteiger partial charge in [-0.2, -0.15) is 0 Å². The summed E-state index contributed by atoms with van der Waals surface area (Å²) in [6, 6.07) is 10.5. The summed E-state index contributed by atoms with van der Waals surface area (Å²) in [7, 11) is 0. The Balaban J connectivity index is 0.00000196. The number of guanidine groups is 1. The second-order valence-corrected chi connectivity index (χ2v) is 7.03. The molecule has 3 N–H and O–H groups in total. The fourth-order valence-corrected chi connectivity index (χ4v) is 3.85. The smallest absolute Gasteiger partial charge is 0.191 e. The van der Waals surface area contributed by atoms with Crippen LogP contribution in [0.1, 0.15) is 5.69 Å². The average Bonchev–Trinajstić information content (AvgIpc) is 3.31. The first-order valence-electron chi connectivity index (χ1n) is 8.55. The van der Waals surface area contributed by atoms with Crippen LogP contribution in [0.2, 0.25) is 0 Å². The molecule has 3 heterocycles. The molecule has 0 spiro atoms. The summed E-state index contributed by atoms with van der Waals surface area (Å²) in [4.78, 5) is 16.8. The van der Waals surface area contributed by atoms with Crippen LogP contribution in [0.5, 0.6) is 0 Å². The number of nitrogens with zero attached hydrogens (tertiary/aromatic N) is 4. The number of nitrogens with two attached hydrogens (primary N) is 1. The molecule has 8 heteroatoms. The van der Waals surface area contributed by atoms with Crippen molar-refractivity contribution in [1.29, 1.82) is 0 Å². The normalized spacial score (nSPS) is 15.3. The topological polar surface area (TPSA) is 73.5 Å². The molecular formula is C18H23IN6S. The highest BCUT2D eigenvalue weighted by molar-refractivity contribution is 14.0. The summed E-state index contributed by atoms with van der Waals surface area (Å²) >= 11 is 1.68. The van der Waals surface area contributed by atoms with E-state index in [9.17, 15) is 0 Å². The van der Waals surface area contributed by atoms with Crippen LogP contribution in [-0.2, 0) is 6.42 Å². The van der Waals surface area contributed by atoms with Gasteiger partial charge in [0, 0.05) is 61.9 Å². The van der Waals surface area contributed by atoms with E-state index < -0.39 is 0 Å². The molecule has 0 amide bonds. The molecule has 3 aromatic rings. The number of nitrogens with one attached hydrogen (secondary N) is 1. The van der Waals surface area contributed by atoms with Gasteiger partial charge in [0.25, 0.3) is 0 Å². The summed E-state index contributed by atoms with van der Waals surface area (Å²) in [5.41, 5.74) is 8.56. The van der Waals surface area contributed by atoms with Crippen LogP contribution < -0.4 is 10.6 Å². The van der Waals surface area contributed by atoms with E-state index in [4.69, 9.17) is 5.73 Å². The number of benzene rings is 1. The van der Waals surface area contributed by atoms with Crippen LogP contribution in [0.25, 0.3) is 10.9 Å². The molecule has 1 fully saturated rings. The number of rotatable bonds is 4. The predicted molar refractivity (Wildman–Crippen MR) is 120 cm³/mol. The summed E-state index contributed by atoms with van der Waals surface area (Å²) in [6.07, 6.45) is 2.72. The molecular weight excluding hydrogens is 459 g/mol. The zero-order valence-corrected chi connectivity index (χ0v) is 17.6. The third kappa shape index (κ3) is 4.29. The Morgan fingerprint density at radius 1 is 1.23 bits per heavy atom. The van der Waals surface area contributed by atoms with Gasteiger partial charge in [0.1, 0.15) is 0 Å². The first kappa shape index (κ1) is 19.0. The largest absolute Gasteiger partial charge is 0.370 e. The van der Waals surface area contributed by atoms with Crippen molar-refractivity contribution in [1.82, 2.24) is 14.9 Å². The molecule has 26 heavy (non-hydrogen) atoms. The molecule has 4 rings (SSSR count). The van der Waals surface area contributed by atoms with E-state index in [0.717, 1.165) is 37.7 Å². The van der Waals surface area contributed by atoms with Crippen LogP contribution >= 0.6 is 35.3 Å². The molecule has 0 unspecified atom stereocenters. The summed E-state index contributed by atoms with van der Waals surface area (Å²) in [5.74, 6) is 0.648. The molecule has 0 saturated carbocycles. The second kappa shape index (κ2) is 8.72. The van der Waals surface area contributed by atoms with Crippen molar-refractivity contribution in [2.24, 2.45) is 10.7 Å². The number of anilines is 1. The van der Waals surface area contributed by atoms with Crippen molar-refractivity contribution in [2.45, 2.75) is 6.42 Å². The Hall–Kier alpha value is -1.81. The van der Waals surface area contributed by atoms with Gasteiger partial charge in [0.15, 0.2) is 11.1 Å². The van der Waals surface area contributed by atoms with E-state index in [0.29, 0.717) is 12.5 Å². The van der Waals surface area contributed by atoms with Gasteiger partial charge in [-0.25, -0.2) is 4.98 Å². The lowest BCUT2D eigenvalue weighted by molar-refractivity contribution is 0.380. The average molecular weight is 482 g/mol. The first-order valence-corrected chi connectivity index (χ1v) is 9.43. The highest BCUT2D eigenvalue weighted by Gasteiger charge is 2.19. The van der Waals surface area contributed by atoms with Crippen LogP contribution in [0.4, 0.5) is 5.13 Å². The third-order valence-electron chi connectivity index (χ3n) is 4.53. The fraction of sp³-hybridized carbons (Fsp3) is 0.333. The van der Waals surface area contributed by atoms with Crippen molar-refractivity contribution in [3.8, 4) is 0 Å². The molecule has 0 bridgehead atoms. The third-order valence-corrected chi connectivity index (χ3v) is 5.37. The number of hydrogen-bond donors (Lipinski definition) is 2. The Morgan fingerprint density at radius 3 is 2.77 bits per heavy atom. The number of aromatic nitrogens is 2. The van der Waals surface area contributed by atoms with Crippen molar-refractivity contribution >= 4 is 57.3 Å². The lowest BCUT2D eigenvalue weighted by Crippen LogP contribution is -2.51. The molecule has 2 aromatic heterocycles. The number of piperazine rings is 1. The minimum Gasteiger partial charge on any atom is -0.370 e. The number of fused-ring (bicyclic) bond motifs is 1. The van der Waals surface area contributed by atoms with Gasteiger partial charge in [-0.3, -0.25) is 4.99 Å². The summed E-state index contributed by atoms with van der Waals surface area (Å²) in [5, 5.41) is 4.35.